The van der Waals surface area contributed by atoms with Gasteiger partial charge in [-0.3, -0.25) is 4.79 Å². The number of aromatic nitrogens is 2. The summed E-state index contributed by atoms with van der Waals surface area (Å²) in [4.78, 5) is 18.6. The van der Waals surface area contributed by atoms with Crippen LogP contribution in [0, 0.1) is 17.3 Å². The summed E-state index contributed by atoms with van der Waals surface area (Å²) >= 11 is 0. The van der Waals surface area contributed by atoms with Crippen molar-refractivity contribution in [3.63, 3.8) is 0 Å². The minimum atomic E-state index is -0.117. The van der Waals surface area contributed by atoms with E-state index in [9.17, 15) is 4.79 Å². The smallest absolute Gasteiger partial charge is 0.227 e. The Labute approximate surface area is 126 Å². The van der Waals surface area contributed by atoms with Crippen LogP contribution in [0.4, 0.5) is 0 Å². The molecular weight excluding hydrogens is 266 g/mol. The van der Waals surface area contributed by atoms with Crippen LogP contribution in [0.1, 0.15) is 52.8 Å². The van der Waals surface area contributed by atoms with Gasteiger partial charge in [-0.2, -0.15) is 4.98 Å². The van der Waals surface area contributed by atoms with E-state index in [0.29, 0.717) is 41.8 Å². The first-order chi connectivity index (χ1) is 9.69. The number of likely N-dealkylation sites (tertiary alicyclic amines) is 1. The molecule has 0 radical (unpaired) electrons. The maximum Gasteiger partial charge on any atom is 0.227 e. The fourth-order valence-corrected chi connectivity index (χ4v) is 3.37. The molecule has 5 nitrogen and oxygen atoms in total. The molecule has 1 aliphatic carbocycles. The van der Waals surface area contributed by atoms with Gasteiger partial charge < -0.3 is 9.42 Å². The lowest BCUT2D eigenvalue weighted by molar-refractivity contribution is -0.131. The zero-order chi connectivity index (χ0) is 15.4. The molecule has 5 heteroatoms. The molecule has 1 aliphatic heterocycles. The van der Waals surface area contributed by atoms with Gasteiger partial charge in [0, 0.05) is 31.3 Å². The standard InChI is InChI=1S/C16H25N3O2/c1-15(2,3)14-17-12(21-18-14)6-7-13(20)19-8-10-11(9-19)16(10,4)5/h10-11H,6-9H2,1-5H3/t10-,11-/m1/s1. The molecule has 21 heavy (non-hydrogen) atoms. The van der Waals surface area contributed by atoms with Crippen molar-refractivity contribution in [1.82, 2.24) is 15.0 Å². The summed E-state index contributed by atoms with van der Waals surface area (Å²) in [6, 6.07) is 0. The van der Waals surface area contributed by atoms with Crippen LogP contribution in [-0.2, 0) is 16.6 Å². The molecule has 0 spiro atoms. The monoisotopic (exact) mass is 291 g/mol. The Bertz CT molecular complexity index is 542. The van der Waals surface area contributed by atoms with E-state index in [0.717, 1.165) is 13.1 Å². The summed E-state index contributed by atoms with van der Waals surface area (Å²) in [5, 5.41) is 3.99. The number of carbonyl (C=O) groups is 1. The first-order valence-electron chi connectivity index (χ1n) is 7.80. The fraction of sp³-hybridized carbons (Fsp3) is 0.812. The van der Waals surface area contributed by atoms with Crippen LogP contribution in [0.25, 0.3) is 0 Å². The molecule has 1 aromatic rings. The molecule has 0 N–H and O–H groups in total. The quantitative estimate of drug-likeness (QED) is 0.858. The minimum absolute atomic E-state index is 0.117. The Balaban J connectivity index is 1.50. The van der Waals surface area contributed by atoms with Crippen LogP contribution in [0.3, 0.4) is 0 Å². The molecule has 3 rings (SSSR count). The van der Waals surface area contributed by atoms with Gasteiger partial charge in [0.05, 0.1) is 0 Å². The van der Waals surface area contributed by atoms with Gasteiger partial charge in [-0.05, 0) is 17.3 Å². The second-order valence-corrected chi connectivity index (χ2v) is 8.09. The number of hydrogen-bond donors (Lipinski definition) is 0. The van der Waals surface area contributed by atoms with Gasteiger partial charge in [0.15, 0.2) is 5.82 Å². The molecule has 0 aromatic carbocycles. The first-order valence-corrected chi connectivity index (χ1v) is 7.80. The number of carbonyl (C=O) groups excluding carboxylic acids is 1. The SMILES string of the molecule is CC(C)(C)c1noc(CCC(=O)N2C[C@@H]3[C@@H](C2)C3(C)C)n1. The van der Waals surface area contributed by atoms with Gasteiger partial charge in [0.1, 0.15) is 0 Å². The van der Waals surface area contributed by atoms with E-state index in [4.69, 9.17) is 4.52 Å². The maximum atomic E-state index is 12.2. The van der Waals surface area contributed by atoms with Crippen LogP contribution < -0.4 is 0 Å². The maximum absolute atomic E-state index is 12.2. The lowest BCUT2D eigenvalue weighted by Crippen LogP contribution is -2.33. The van der Waals surface area contributed by atoms with Crippen molar-refractivity contribution < 1.29 is 9.32 Å². The van der Waals surface area contributed by atoms with Crippen LogP contribution in [0.5, 0.6) is 0 Å². The number of piperidine rings is 1. The van der Waals surface area contributed by atoms with Crippen molar-refractivity contribution in [2.45, 2.75) is 52.9 Å². The molecule has 0 unspecified atom stereocenters. The van der Waals surface area contributed by atoms with Crippen molar-refractivity contribution in [2.75, 3.05) is 13.1 Å². The highest BCUT2D eigenvalue weighted by Gasteiger charge is 2.62. The highest BCUT2D eigenvalue weighted by atomic mass is 16.5. The number of aryl methyl sites for hydroxylation is 1. The fourth-order valence-electron chi connectivity index (χ4n) is 3.37. The number of fused-ring (bicyclic) bond motifs is 1. The molecule has 1 aromatic heterocycles. The average Bonchev–Trinajstić information content (AvgIpc) is 2.90. The first kappa shape index (κ1) is 14.5. The third-order valence-corrected chi connectivity index (χ3v) is 5.17. The van der Waals surface area contributed by atoms with Gasteiger partial charge in [-0.25, -0.2) is 0 Å². The van der Waals surface area contributed by atoms with Crippen LogP contribution in [-0.4, -0.2) is 34.0 Å². The van der Waals surface area contributed by atoms with E-state index in [1.54, 1.807) is 0 Å². The molecule has 2 heterocycles. The summed E-state index contributed by atoms with van der Waals surface area (Å²) in [5.74, 6) is 2.90. The Hall–Kier alpha value is -1.39. The van der Waals surface area contributed by atoms with Gasteiger partial charge in [-0.1, -0.05) is 39.8 Å². The molecular formula is C16H25N3O2. The Morgan fingerprint density at radius 3 is 2.48 bits per heavy atom. The van der Waals surface area contributed by atoms with Crippen LogP contribution in [0.2, 0.25) is 0 Å². The number of hydrogen-bond acceptors (Lipinski definition) is 4. The number of rotatable bonds is 3. The third-order valence-electron chi connectivity index (χ3n) is 5.17. The van der Waals surface area contributed by atoms with Crippen molar-refractivity contribution in [3.05, 3.63) is 11.7 Å². The Morgan fingerprint density at radius 2 is 1.95 bits per heavy atom. The van der Waals surface area contributed by atoms with E-state index in [1.165, 1.54) is 0 Å². The average molecular weight is 291 g/mol. The van der Waals surface area contributed by atoms with Crippen molar-refractivity contribution in [1.29, 1.82) is 0 Å². The van der Waals surface area contributed by atoms with Crippen molar-refractivity contribution in [2.24, 2.45) is 17.3 Å². The summed E-state index contributed by atoms with van der Waals surface area (Å²) < 4.78 is 5.24. The third kappa shape index (κ3) is 2.58. The van der Waals surface area contributed by atoms with Gasteiger partial charge in [0.25, 0.3) is 0 Å². The van der Waals surface area contributed by atoms with Gasteiger partial charge in [0.2, 0.25) is 11.8 Å². The summed E-state index contributed by atoms with van der Waals surface area (Å²) in [6.07, 6.45) is 1.00. The van der Waals surface area contributed by atoms with Gasteiger partial charge in [-0.15, -0.1) is 0 Å². The summed E-state index contributed by atoms with van der Waals surface area (Å²) in [6.45, 7) is 12.6. The Kier molecular flexibility index (Phi) is 3.15. The summed E-state index contributed by atoms with van der Waals surface area (Å²) in [5.41, 5.74) is 0.332. The van der Waals surface area contributed by atoms with Crippen LogP contribution >= 0.6 is 0 Å². The molecule has 1 saturated heterocycles. The number of amides is 1. The molecule has 2 aliphatic rings. The second-order valence-electron chi connectivity index (χ2n) is 8.09. The molecule has 2 atom stereocenters. The molecule has 1 amide bonds. The molecule has 0 bridgehead atoms. The second kappa shape index (κ2) is 4.55. The normalized spacial score (nSPS) is 26.8. The van der Waals surface area contributed by atoms with E-state index >= 15 is 0 Å². The van der Waals surface area contributed by atoms with Gasteiger partial charge >= 0.3 is 0 Å². The molecule has 1 saturated carbocycles. The minimum Gasteiger partial charge on any atom is -0.342 e. The zero-order valence-electron chi connectivity index (χ0n) is 13.6. The zero-order valence-corrected chi connectivity index (χ0v) is 13.6. The van der Waals surface area contributed by atoms with E-state index in [1.807, 2.05) is 25.7 Å². The molecule has 116 valence electrons. The van der Waals surface area contributed by atoms with E-state index in [-0.39, 0.29) is 11.3 Å². The largest absolute Gasteiger partial charge is 0.342 e. The van der Waals surface area contributed by atoms with Crippen molar-refractivity contribution in [3.8, 4) is 0 Å². The predicted octanol–water partition coefficient (Wildman–Crippen LogP) is 2.41. The lowest BCUT2D eigenvalue weighted by atomic mass is 9.96. The lowest BCUT2D eigenvalue weighted by Gasteiger charge is -2.21. The predicted molar refractivity (Wildman–Crippen MR) is 78.7 cm³/mol. The summed E-state index contributed by atoms with van der Waals surface area (Å²) in [7, 11) is 0. The van der Waals surface area contributed by atoms with E-state index < -0.39 is 0 Å². The van der Waals surface area contributed by atoms with Crippen molar-refractivity contribution >= 4 is 5.91 Å². The van der Waals surface area contributed by atoms with Crippen LogP contribution in [0.15, 0.2) is 4.52 Å². The highest BCUT2D eigenvalue weighted by molar-refractivity contribution is 5.77. The highest BCUT2D eigenvalue weighted by Crippen LogP contribution is 2.61. The number of nitrogens with zero attached hydrogens (tertiary/aromatic N) is 3. The topological polar surface area (TPSA) is 59.2 Å². The van der Waals surface area contributed by atoms with E-state index in [2.05, 4.69) is 24.0 Å². The Morgan fingerprint density at radius 1 is 1.33 bits per heavy atom. The molecule has 2 fully saturated rings.